The minimum atomic E-state index is -0.137. The average molecular weight is 412 g/mol. The Balaban J connectivity index is 1.61. The Labute approximate surface area is 178 Å². The summed E-state index contributed by atoms with van der Waals surface area (Å²) in [5.41, 5.74) is 4.61. The van der Waals surface area contributed by atoms with E-state index >= 15 is 0 Å². The fraction of sp³-hybridized carbons (Fsp3) is 0.435. The monoisotopic (exact) mass is 411 g/mol. The first-order chi connectivity index (χ1) is 14.0. The van der Waals surface area contributed by atoms with Gasteiger partial charge in [0.1, 0.15) is 5.84 Å². The first kappa shape index (κ1) is 20.2. The highest BCUT2D eigenvalue weighted by atomic mass is 35.5. The van der Waals surface area contributed by atoms with Crippen LogP contribution in [0.1, 0.15) is 24.0 Å². The Bertz CT molecular complexity index is 887. The first-order valence-electron chi connectivity index (χ1n) is 10.4. The van der Waals surface area contributed by atoms with E-state index in [9.17, 15) is 0 Å². The van der Waals surface area contributed by atoms with Crippen LogP contribution in [0, 0.1) is 0 Å². The van der Waals surface area contributed by atoms with Crippen molar-refractivity contribution in [1.29, 1.82) is 0 Å². The van der Waals surface area contributed by atoms with Crippen molar-refractivity contribution in [2.24, 2.45) is 4.99 Å². The Morgan fingerprint density at radius 2 is 1.86 bits per heavy atom. The van der Waals surface area contributed by atoms with Gasteiger partial charge < -0.3 is 20.9 Å². The lowest BCUT2D eigenvalue weighted by molar-refractivity contribution is 0.413. The highest BCUT2D eigenvalue weighted by Crippen LogP contribution is 2.36. The molecule has 2 aromatic rings. The molecule has 1 fully saturated rings. The Kier molecular flexibility index (Phi) is 6.09. The number of rotatable bonds is 5. The number of piperidine rings is 1. The van der Waals surface area contributed by atoms with Crippen LogP contribution in [0.4, 0.5) is 11.4 Å². The molecule has 2 aromatic carbocycles. The van der Waals surface area contributed by atoms with E-state index in [4.69, 9.17) is 16.6 Å². The van der Waals surface area contributed by atoms with E-state index in [1.165, 1.54) is 11.3 Å². The molecule has 6 heteroatoms. The molecule has 29 heavy (non-hydrogen) atoms. The predicted molar refractivity (Wildman–Crippen MR) is 123 cm³/mol. The van der Waals surface area contributed by atoms with E-state index in [0.29, 0.717) is 6.54 Å². The van der Waals surface area contributed by atoms with Crippen molar-refractivity contribution in [3.05, 3.63) is 58.6 Å². The first-order valence-corrected chi connectivity index (χ1v) is 10.7. The highest BCUT2D eigenvalue weighted by Gasteiger charge is 2.40. The number of halogens is 1. The maximum atomic E-state index is 6.16. The lowest BCUT2D eigenvalue weighted by Gasteiger charge is -2.44. The van der Waals surface area contributed by atoms with Gasteiger partial charge in [0.25, 0.3) is 0 Å². The molecule has 4 rings (SSSR count). The third-order valence-corrected chi connectivity index (χ3v) is 6.01. The van der Waals surface area contributed by atoms with Crippen LogP contribution in [0.2, 0.25) is 5.02 Å². The molecule has 2 aliphatic heterocycles. The van der Waals surface area contributed by atoms with Crippen molar-refractivity contribution in [1.82, 2.24) is 10.2 Å². The Hall–Kier alpha value is -2.08. The molecule has 3 N–H and O–H groups in total. The number of nitrogens with one attached hydrogen (secondary N) is 3. The van der Waals surface area contributed by atoms with Crippen molar-refractivity contribution in [2.75, 3.05) is 44.4 Å². The minimum absolute atomic E-state index is 0.137. The normalized spacial score (nSPS) is 19.1. The minimum Gasteiger partial charge on any atom is -0.371 e. The lowest BCUT2D eigenvalue weighted by atomic mass is 9.84. The second kappa shape index (κ2) is 8.74. The molecular formula is C23H30ClN5. The number of amidine groups is 1. The van der Waals surface area contributed by atoms with Crippen LogP contribution < -0.4 is 16.0 Å². The standard InChI is InChI=1S/C23H30ClN5/c1-29(2)13-8-17-6-7-20-21(15-17)27-22(23(28-20)9-11-25-12-10-23)26-16-18-4-3-5-19(24)14-18/h3-7,14-15,25,28H,8-13,16H2,1-2H3,(H,26,27). The van der Waals surface area contributed by atoms with Gasteiger partial charge in [0, 0.05) is 11.6 Å². The lowest BCUT2D eigenvalue weighted by Crippen LogP contribution is -2.57. The molecule has 0 atom stereocenters. The topological polar surface area (TPSA) is 51.7 Å². The van der Waals surface area contributed by atoms with Crippen molar-refractivity contribution in [2.45, 2.75) is 31.3 Å². The van der Waals surface area contributed by atoms with E-state index in [1.807, 2.05) is 18.2 Å². The molecule has 5 nitrogen and oxygen atoms in total. The third kappa shape index (κ3) is 4.74. The van der Waals surface area contributed by atoms with Crippen LogP contribution >= 0.6 is 11.6 Å². The van der Waals surface area contributed by atoms with Gasteiger partial charge in [0.05, 0.1) is 23.5 Å². The zero-order valence-electron chi connectivity index (χ0n) is 17.3. The zero-order valence-corrected chi connectivity index (χ0v) is 18.0. The predicted octanol–water partition coefficient (Wildman–Crippen LogP) is 4.00. The summed E-state index contributed by atoms with van der Waals surface area (Å²) in [4.78, 5) is 7.24. The molecule has 0 saturated carbocycles. The van der Waals surface area contributed by atoms with Crippen LogP contribution in [0.5, 0.6) is 0 Å². The fourth-order valence-corrected chi connectivity index (χ4v) is 4.30. The number of aliphatic imine (C=N–C) groups is 1. The quantitative estimate of drug-likeness (QED) is 0.696. The van der Waals surface area contributed by atoms with E-state index in [-0.39, 0.29) is 5.54 Å². The third-order valence-electron chi connectivity index (χ3n) is 5.78. The Morgan fingerprint density at radius 1 is 1.03 bits per heavy atom. The SMILES string of the molecule is CN(C)CCc1ccc2c(c1)NC(=NCc1cccc(Cl)c1)C1(CCNCC1)N2. The number of fused-ring (bicyclic) bond motifs is 1. The number of anilines is 2. The van der Waals surface area contributed by atoms with E-state index in [0.717, 1.165) is 61.0 Å². The number of benzene rings is 2. The van der Waals surface area contributed by atoms with Crippen LogP contribution in [-0.2, 0) is 13.0 Å². The molecule has 0 aliphatic carbocycles. The van der Waals surface area contributed by atoms with Gasteiger partial charge in [-0.3, -0.25) is 4.99 Å². The van der Waals surface area contributed by atoms with E-state index < -0.39 is 0 Å². The number of nitrogens with zero attached hydrogens (tertiary/aromatic N) is 2. The van der Waals surface area contributed by atoms with Crippen LogP contribution in [-0.4, -0.2) is 50.0 Å². The highest BCUT2D eigenvalue weighted by molar-refractivity contribution is 6.30. The van der Waals surface area contributed by atoms with Crippen LogP contribution in [0.3, 0.4) is 0 Å². The largest absolute Gasteiger partial charge is 0.371 e. The summed E-state index contributed by atoms with van der Waals surface area (Å²) in [7, 11) is 4.22. The molecule has 2 aliphatic rings. The van der Waals surface area contributed by atoms with Gasteiger partial charge in [-0.1, -0.05) is 29.8 Å². The smallest absolute Gasteiger partial charge is 0.127 e. The maximum absolute atomic E-state index is 6.16. The van der Waals surface area contributed by atoms with Gasteiger partial charge >= 0.3 is 0 Å². The summed E-state index contributed by atoms with van der Waals surface area (Å²) in [5.74, 6) is 1.04. The van der Waals surface area contributed by atoms with Crippen molar-refractivity contribution >= 4 is 28.8 Å². The van der Waals surface area contributed by atoms with Crippen molar-refractivity contribution in [3.8, 4) is 0 Å². The van der Waals surface area contributed by atoms with Gasteiger partial charge in [-0.25, -0.2) is 0 Å². The van der Waals surface area contributed by atoms with Gasteiger partial charge in [0.15, 0.2) is 0 Å². The summed E-state index contributed by atoms with van der Waals surface area (Å²) < 4.78 is 0. The molecule has 0 aromatic heterocycles. The average Bonchev–Trinajstić information content (AvgIpc) is 2.71. The van der Waals surface area contributed by atoms with Crippen molar-refractivity contribution < 1.29 is 0 Å². The second-order valence-electron chi connectivity index (χ2n) is 8.31. The summed E-state index contributed by atoms with van der Waals surface area (Å²) in [6.45, 7) is 3.63. The van der Waals surface area contributed by atoms with E-state index in [2.05, 4.69) is 59.2 Å². The van der Waals surface area contributed by atoms with E-state index in [1.54, 1.807) is 0 Å². The fourth-order valence-electron chi connectivity index (χ4n) is 4.09. The summed E-state index contributed by atoms with van der Waals surface area (Å²) >= 11 is 6.16. The maximum Gasteiger partial charge on any atom is 0.127 e. The number of likely N-dealkylation sites (N-methyl/N-ethyl adjacent to an activating group) is 1. The summed E-state index contributed by atoms with van der Waals surface area (Å²) in [6.07, 6.45) is 3.05. The number of hydrogen-bond acceptors (Lipinski definition) is 4. The molecule has 1 saturated heterocycles. The second-order valence-corrected chi connectivity index (χ2v) is 8.75. The molecule has 2 heterocycles. The van der Waals surface area contributed by atoms with Gasteiger partial charge in [-0.05, 0) is 81.8 Å². The molecule has 0 amide bonds. The molecule has 0 unspecified atom stereocenters. The summed E-state index contributed by atoms with van der Waals surface area (Å²) in [6, 6.07) is 14.7. The molecule has 0 bridgehead atoms. The summed E-state index contributed by atoms with van der Waals surface area (Å²) in [5, 5.41) is 11.7. The molecule has 154 valence electrons. The van der Waals surface area contributed by atoms with Gasteiger partial charge in [0.2, 0.25) is 0 Å². The van der Waals surface area contributed by atoms with Crippen LogP contribution in [0.15, 0.2) is 47.5 Å². The number of hydrogen-bond donors (Lipinski definition) is 3. The molecule has 0 radical (unpaired) electrons. The molecular weight excluding hydrogens is 382 g/mol. The van der Waals surface area contributed by atoms with Gasteiger partial charge in [-0.15, -0.1) is 0 Å². The Morgan fingerprint density at radius 3 is 2.62 bits per heavy atom. The van der Waals surface area contributed by atoms with Crippen LogP contribution in [0.25, 0.3) is 0 Å². The zero-order chi connectivity index (χ0) is 20.3. The van der Waals surface area contributed by atoms with Gasteiger partial charge in [-0.2, -0.15) is 0 Å². The van der Waals surface area contributed by atoms with Crippen molar-refractivity contribution in [3.63, 3.8) is 0 Å². The molecule has 1 spiro atoms.